The molecule has 0 unspecified atom stereocenters. The highest BCUT2D eigenvalue weighted by atomic mass is 35.5. The number of nitrogens with zero attached hydrogens (tertiary/aromatic N) is 5. The first-order valence-electron chi connectivity index (χ1n) is 13.0. The van der Waals surface area contributed by atoms with Crippen LogP contribution in [0.3, 0.4) is 0 Å². The van der Waals surface area contributed by atoms with Crippen molar-refractivity contribution in [2.45, 2.75) is 23.4 Å². The number of nitrogen functional groups attached to an aromatic ring is 1. The molecule has 46 heavy (non-hydrogen) atoms. The topological polar surface area (TPSA) is 192 Å². The Labute approximate surface area is 292 Å². The van der Waals surface area contributed by atoms with E-state index in [0.29, 0.717) is 55.0 Å². The lowest BCUT2D eigenvalue weighted by Crippen LogP contribution is -2.19. The summed E-state index contributed by atoms with van der Waals surface area (Å²) in [6.07, 6.45) is 7.04. The molecule has 0 saturated carbocycles. The molecule has 2 aromatic carbocycles. The van der Waals surface area contributed by atoms with Crippen molar-refractivity contribution >= 4 is 105 Å². The van der Waals surface area contributed by atoms with Crippen LogP contribution >= 0.6 is 69.9 Å². The van der Waals surface area contributed by atoms with E-state index in [2.05, 4.69) is 30.6 Å². The van der Waals surface area contributed by atoms with Gasteiger partial charge in [0.25, 0.3) is 11.8 Å². The molecule has 2 amide bonds. The summed E-state index contributed by atoms with van der Waals surface area (Å²) in [4.78, 5) is 40.4. The van der Waals surface area contributed by atoms with Crippen LogP contribution in [-0.4, -0.2) is 48.7 Å². The van der Waals surface area contributed by atoms with Gasteiger partial charge >= 0.3 is 0 Å². The summed E-state index contributed by atoms with van der Waals surface area (Å²) in [5.74, 6) is -0.616. The average molecular weight is 741 g/mol. The van der Waals surface area contributed by atoms with Crippen molar-refractivity contribution in [2.75, 3.05) is 28.9 Å². The highest BCUT2D eigenvalue weighted by molar-refractivity contribution is 7.98. The normalized spacial score (nSPS) is 10.7. The fraction of sp³-hybridized carbons (Fsp3) is 0.143. The van der Waals surface area contributed by atoms with Crippen molar-refractivity contribution in [3.05, 3.63) is 91.1 Å². The van der Waals surface area contributed by atoms with Crippen LogP contribution in [-0.2, 0) is 13.1 Å². The second-order valence-electron chi connectivity index (χ2n) is 9.17. The van der Waals surface area contributed by atoms with Crippen LogP contribution in [0.4, 0.5) is 17.5 Å². The molecule has 0 atom stereocenters. The Morgan fingerprint density at radius 3 is 1.83 bits per heavy atom. The summed E-state index contributed by atoms with van der Waals surface area (Å²) in [7, 11) is 0. The van der Waals surface area contributed by atoms with Gasteiger partial charge in [-0.25, -0.2) is 19.9 Å². The number of halogens is 4. The second kappa shape index (κ2) is 15.8. The quantitative estimate of drug-likeness (QED) is 0.0801. The first-order valence-corrected chi connectivity index (χ1v) is 17.0. The Kier molecular flexibility index (Phi) is 12.1. The van der Waals surface area contributed by atoms with Crippen molar-refractivity contribution < 1.29 is 9.59 Å². The monoisotopic (exact) mass is 738 g/mol. The highest BCUT2D eigenvalue weighted by Gasteiger charge is 2.20. The third-order valence-corrected chi connectivity index (χ3v) is 8.59. The third kappa shape index (κ3) is 8.37. The number of anilines is 3. The zero-order valence-electron chi connectivity index (χ0n) is 24.1. The number of hydrogen-bond donors (Lipinski definition) is 5. The summed E-state index contributed by atoms with van der Waals surface area (Å²) >= 11 is 26.8. The van der Waals surface area contributed by atoms with Crippen LogP contribution in [0.25, 0.3) is 5.65 Å². The van der Waals surface area contributed by atoms with Crippen LogP contribution < -0.4 is 27.8 Å². The minimum Gasteiger partial charge on any atom is -0.383 e. The fourth-order valence-electron chi connectivity index (χ4n) is 4.06. The number of rotatable bonds is 10. The van der Waals surface area contributed by atoms with E-state index in [-0.39, 0.29) is 22.8 Å². The van der Waals surface area contributed by atoms with E-state index in [4.69, 9.17) is 63.6 Å². The smallest absolute Gasteiger partial charge is 0.256 e. The van der Waals surface area contributed by atoms with Crippen LogP contribution in [0.15, 0.2) is 59.1 Å². The summed E-state index contributed by atoms with van der Waals surface area (Å²) in [6.45, 7) is 0.703. The first-order chi connectivity index (χ1) is 21.9. The maximum Gasteiger partial charge on any atom is 0.256 e. The van der Waals surface area contributed by atoms with Gasteiger partial charge in [0.15, 0.2) is 16.0 Å². The molecule has 0 saturated heterocycles. The third-order valence-electron chi connectivity index (χ3n) is 6.21. The Hall–Kier alpha value is -3.66. The van der Waals surface area contributed by atoms with Gasteiger partial charge < -0.3 is 27.8 Å². The van der Waals surface area contributed by atoms with Crippen molar-refractivity contribution in [1.82, 2.24) is 24.3 Å². The number of primary amides is 2. The Bertz CT molecular complexity index is 1930. The van der Waals surface area contributed by atoms with E-state index < -0.39 is 11.8 Å². The van der Waals surface area contributed by atoms with Gasteiger partial charge in [-0.05, 0) is 47.9 Å². The Balaban J connectivity index is 0.000000210. The molecule has 0 aliphatic carbocycles. The molecule has 5 aromatic rings. The predicted molar refractivity (Wildman–Crippen MR) is 188 cm³/mol. The van der Waals surface area contributed by atoms with Gasteiger partial charge in [0, 0.05) is 45.6 Å². The van der Waals surface area contributed by atoms with Crippen molar-refractivity contribution in [1.29, 1.82) is 0 Å². The van der Waals surface area contributed by atoms with Crippen molar-refractivity contribution in [3.8, 4) is 0 Å². The van der Waals surface area contributed by atoms with E-state index in [1.807, 2.05) is 12.3 Å². The molecular weight excluding hydrogens is 714 g/mol. The molecule has 240 valence electrons. The summed E-state index contributed by atoms with van der Waals surface area (Å²) in [5, 5.41) is 9.40. The van der Waals surface area contributed by atoms with E-state index in [9.17, 15) is 9.59 Å². The summed E-state index contributed by atoms with van der Waals surface area (Å²) in [5.41, 5.74) is 19.0. The number of nitrogens with two attached hydrogens (primary N) is 3. The van der Waals surface area contributed by atoms with Crippen molar-refractivity contribution in [2.24, 2.45) is 11.5 Å². The number of fused-ring (bicyclic) bond motifs is 1. The molecule has 5 rings (SSSR count). The number of hydrogen-bond acceptors (Lipinski definition) is 11. The summed E-state index contributed by atoms with van der Waals surface area (Å²) in [6, 6.07) is 10.4. The molecule has 3 heterocycles. The van der Waals surface area contributed by atoms with Gasteiger partial charge in [-0.2, -0.15) is 0 Å². The molecule has 0 aliphatic heterocycles. The lowest BCUT2D eigenvalue weighted by Gasteiger charge is -2.13. The number of imidazole rings is 1. The number of nitrogens with one attached hydrogen (secondary N) is 2. The molecule has 0 fully saturated rings. The Morgan fingerprint density at radius 1 is 0.804 bits per heavy atom. The number of carbonyl (C=O) groups excluding carboxylic acids is 2. The predicted octanol–water partition coefficient (Wildman–Crippen LogP) is 6.27. The number of amides is 2. The summed E-state index contributed by atoms with van der Waals surface area (Å²) < 4.78 is 1.73. The SMILES string of the molecule is CSc1nc(N)c(C(N)=O)c(NCc2ccc(Cl)cc2Cl)n1.CSc1nc(NCc2ccc(Cl)cc2Cl)c(C(N)=O)c2nccn12. The van der Waals surface area contributed by atoms with Gasteiger partial charge in [0.2, 0.25) is 0 Å². The standard InChI is InChI=1S/C15H13Cl2N5OS.C13H13Cl2N5OS/c1-24-15-21-13(11(12(18)23)14-19-4-5-22(14)15)20-7-8-2-3-9(16)6-10(8)17;1-22-13-19-10(16)9(11(17)21)12(20-13)18-5-6-2-3-7(14)4-8(6)15/h2-6,20H,7H2,1H3,(H2,18,23);2-4H,5H2,1H3,(H2,17,21)(H3,16,18,19,20). The number of benzene rings is 2. The fourth-order valence-corrected chi connectivity index (χ4v) is 5.91. The zero-order valence-corrected chi connectivity index (χ0v) is 28.8. The van der Waals surface area contributed by atoms with E-state index in [1.54, 1.807) is 53.4 Å². The minimum absolute atomic E-state index is 0.0385. The number of thioether (sulfide) groups is 2. The van der Waals surface area contributed by atoms with Crippen LogP contribution in [0.2, 0.25) is 20.1 Å². The minimum atomic E-state index is -0.699. The average Bonchev–Trinajstić information content (AvgIpc) is 3.49. The molecule has 18 heteroatoms. The van der Waals surface area contributed by atoms with E-state index >= 15 is 0 Å². The molecule has 3 aromatic heterocycles. The first kappa shape index (κ1) is 35.2. The van der Waals surface area contributed by atoms with Crippen LogP contribution in [0, 0.1) is 0 Å². The molecule has 0 bridgehead atoms. The Morgan fingerprint density at radius 2 is 1.35 bits per heavy atom. The van der Waals surface area contributed by atoms with Crippen LogP contribution in [0.1, 0.15) is 31.8 Å². The lowest BCUT2D eigenvalue weighted by molar-refractivity contribution is 0.0992. The zero-order chi connectivity index (χ0) is 33.5. The molecule has 8 N–H and O–H groups in total. The molecule has 0 spiro atoms. The lowest BCUT2D eigenvalue weighted by atomic mass is 10.2. The molecule has 12 nitrogen and oxygen atoms in total. The second-order valence-corrected chi connectivity index (χ2v) is 12.4. The number of carbonyl (C=O) groups is 2. The van der Waals surface area contributed by atoms with Crippen LogP contribution in [0.5, 0.6) is 0 Å². The van der Waals surface area contributed by atoms with E-state index in [0.717, 1.165) is 11.1 Å². The van der Waals surface area contributed by atoms with Gasteiger partial charge in [0.05, 0.1) is 0 Å². The maximum absolute atomic E-state index is 11.9. The number of aromatic nitrogens is 5. The molecule has 0 aliphatic rings. The van der Waals surface area contributed by atoms with Crippen molar-refractivity contribution in [3.63, 3.8) is 0 Å². The molecular formula is C28H26Cl4N10O2S2. The highest BCUT2D eigenvalue weighted by Crippen LogP contribution is 2.27. The van der Waals surface area contributed by atoms with E-state index in [1.165, 1.54) is 23.5 Å². The van der Waals surface area contributed by atoms with Gasteiger partial charge in [-0.1, -0.05) is 82.1 Å². The molecule has 0 radical (unpaired) electrons. The maximum atomic E-state index is 11.9. The van der Waals surface area contributed by atoms with Gasteiger partial charge in [-0.15, -0.1) is 0 Å². The largest absolute Gasteiger partial charge is 0.383 e. The van der Waals surface area contributed by atoms with Gasteiger partial charge in [-0.3, -0.25) is 14.0 Å². The van der Waals surface area contributed by atoms with Gasteiger partial charge in [0.1, 0.15) is 28.6 Å².